The van der Waals surface area contributed by atoms with Gasteiger partial charge in [-0.15, -0.1) is 0 Å². The molecule has 1 unspecified atom stereocenters. The predicted octanol–water partition coefficient (Wildman–Crippen LogP) is 2.00. The predicted molar refractivity (Wildman–Crippen MR) is 102 cm³/mol. The van der Waals surface area contributed by atoms with Gasteiger partial charge < -0.3 is 11.1 Å². The van der Waals surface area contributed by atoms with Gasteiger partial charge in [-0.3, -0.25) is 11.1 Å². The van der Waals surface area contributed by atoms with Crippen molar-refractivity contribution in [1.29, 1.82) is 0 Å². The molecule has 6 N–H and O–H groups in total. The van der Waals surface area contributed by atoms with Crippen LogP contribution < -0.4 is 22.1 Å². The normalized spacial score (nSPS) is 22.3. The molecular weight excluding hydrogens is 331 g/mol. The van der Waals surface area contributed by atoms with Gasteiger partial charge in [0.15, 0.2) is 11.7 Å². The summed E-state index contributed by atoms with van der Waals surface area (Å²) in [7, 11) is 0. The number of nitrogens with zero attached hydrogens (tertiary/aromatic N) is 2. The van der Waals surface area contributed by atoms with Gasteiger partial charge in [0.1, 0.15) is 5.82 Å². The molecule has 0 bridgehead atoms. The minimum absolute atomic E-state index is 0.0899. The summed E-state index contributed by atoms with van der Waals surface area (Å²) in [5.41, 5.74) is 13.9. The molecule has 26 heavy (non-hydrogen) atoms. The standard InChI is InChI=1S/C19H23FN6/c1-13(14-7-3-2-4-8-14)23-18-24-17(21)25-19(22,26-18)12-11-15-9-5-6-10-16(15)20/h2-10,13H,11-12,22H2,1H3,(H4,21,23,24,25,26)/t13-,19?/m0/s1. The molecule has 0 saturated heterocycles. The molecule has 0 spiro atoms. The van der Waals surface area contributed by atoms with Crippen molar-refractivity contribution in [3.8, 4) is 0 Å². The summed E-state index contributed by atoms with van der Waals surface area (Å²) >= 11 is 0. The quantitative estimate of drug-likeness (QED) is 0.660. The lowest BCUT2D eigenvalue weighted by atomic mass is 10.1. The van der Waals surface area contributed by atoms with E-state index in [9.17, 15) is 4.39 Å². The Morgan fingerprint density at radius 3 is 2.58 bits per heavy atom. The van der Waals surface area contributed by atoms with Crippen molar-refractivity contribution in [2.45, 2.75) is 31.6 Å². The molecule has 0 aromatic heterocycles. The van der Waals surface area contributed by atoms with Crippen molar-refractivity contribution < 1.29 is 4.39 Å². The number of benzene rings is 2. The van der Waals surface area contributed by atoms with Gasteiger partial charge in [0.25, 0.3) is 0 Å². The highest BCUT2D eigenvalue weighted by Crippen LogP contribution is 2.18. The van der Waals surface area contributed by atoms with Crippen molar-refractivity contribution in [3.05, 3.63) is 71.5 Å². The lowest BCUT2D eigenvalue weighted by Gasteiger charge is -2.33. The molecule has 0 fully saturated rings. The number of aryl methyl sites for hydroxylation is 1. The first kappa shape index (κ1) is 17.9. The van der Waals surface area contributed by atoms with Gasteiger partial charge >= 0.3 is 0 Å². The number of hydrogen-bond acceptors (Lipinski definition) is 4. The van der Waals surface area contributed by atoms with Gasteiger partial charge in [-0.05, 0) is 30.5 Å². The maximum atomic E-state index is 13.8. The molecule has 2 aromatic carbocycles. The Labute approximate surface area is 152 Å². The summed E-state index contributed by atoms with van der Waals surface area (Å²) in [4.78, 5) is 8.84. The summed E-state index contributed by atoms with van der Waals surface area (Å²) in [5.74, 6) is -0.774. The topological polar surface area (TPSA) is 101 Å². The first-order valence-electron chi connectivity index (χ1n) is 8.51. The van der Waals surface area contributed by atoms with Crippen molar-refractivity contribution in [2.75, 3.05) is 0 Å². The van der Waals surface area contributed by atoms with E-state index in [1.54, 1.807) is 18.2 Å². The van der Waals surface area contributed by atoms with Crippen LogP contribution in [0.4, 0.5) is 4.39 Å². The summed E-state index contributed by atoms with van der Waals surface area (Å²) in [5, 5.41) is 5.97. The maximum Gasteiger partial charge on any atom is 0.201 e. The van der Waals surface area contributed by atoms with Crippen molar-refractivity contribution in [2.24, 2.45) is 21.5 Å². The van der Waals surface area contributed by atoms with E-state index < -0.39 is 5.79 Å². The Morgan fingerprint density at radius 1 is 1.15 bits per heavy atom. The SMILES string of the molecule is C[C@H](N=C1NC(N)=NC(N)(CCc2ccccc2F)N1)c1ccccc1. The lowest BCUT2D eigenvalue weighted by molar-refractivity contribution is 0.367. The van der Waals surface area contributed by atoms with Crippen LogP contribution in [0.25, 0.3) is 0 Å². The van der Waals surface area contributed by atoms with Crippen molar-refractivity contribution in [3.63, 3.8) is 0 Å². The maximum absolute atomic E-state index is 13.8. The number of halogens is 1. The zero-order valence-corrected chi connectivity index (χ0v) is 14.6. The molecule has 6 nitrogen and oxygen atoms in total. The molecule has 1 heterocycles. The van der Waals surface area contributed by atoms with Gasteiger partial charge in [-0.1, -0.05) is 48.5 Å². The van der Waals surface area contributed by atoms with E-state index in [-0.39, 0.29) is 17.8 Å². The number of nitrogens with one attached hydrogen (secondary N) is 2. The van der Waals surface area contributed by atoms with Crippen LogP contribution in [0, 0.1) is 5.82 Å². The average molecular weight is 354 g/mol. The minimum Gasteiger partial charge on any atom is -0.370 e. The van der Waals surface area contributed by atoms with Gasteiger partial charge in [0, 0.05) is 6.42 Å². The summed E-state index contributed by atoms with van der Waals surface area (Å²) in [6, 6.07) is 16.4. The van der Waals surface area contributed by atoms with Gasteiger partial charge in [-0.25, -0.2) is 14.4 Å². The number of aliphatic imine (C=N–C) groups is 2. The smallest absolute Gasteiger partial charge is 0.201 e. The Kier molecular flexibility index (Phi) is 5.18. The Morgan fingerprint density at radius 2 is 1.85 bits per heavy atom. The van der Waals surface area contributed by atoms with Crippen LogP contribution in [-0.4, -0.2) is 17.7 Å². The fraction of sp³-hybridized carbons (Fsp3) is 0.263. The fourth-order valence-corrected chi connectivity index (χ4v) is 2.84. The number of rotatable bonds is 5. The summed E-state index contributed by atoms with van der Waals surface area (Å²) in [6.45, 7) is 1.98. The molecule has 7 heteroatoms. The average Bonchev–Trinajstić information content (AvgIpc) is 2.61. The largest absolute Gasteiger partial charge is 0.370 e. The second-order valence-electron chi connectivity index (χ2n) is 6.33. The van der Waals surface area contributed by atoms with Crippen LogP contribution in [0.1, 0.15) is 30.5 Å². The molecule has 0 amide bonds. The van der Waals surface area contributed by atoms with Gasteiger partial charge in [0.2, 0.25) is 5.96 Å². The number of guanidine groups is 2. The van der Waals surface area contributed by atoms with E-state index in [4.69, 9.17) is 11.5 Å². The Hall–Kier alpha value is -2.93. The summed E-state index contributed by atoms with van der Waals surface area (Å²) in [6.07, 6.45) is 0.795. The first-order chi connectivity index (χ1) is 12.5. The van der Waals surface area contributed by atoms with Crippen LogP contribution in [0.15, 0.2) is 64.6 Å². The van der Waals surface area contributed by atoms with E-state index >= 15 is 0 Å². The summed E-state index contributed by atoms with van der Waals surface area (Å²) < 4.78 is 13.8. The molecule has 0 aliphatic carbocycles. The third-order valence-corrected chi connectivity index (χ3v) is 4.24. The Bertz CT molecular complexity index is 820. The van der Waals surface area contributed by atoms with Crippen LogP contribution in [-0.2, 0) is 6.42 Å². The Balaban J connectivity index is 1.73. The molecule has 1 aliphatic heterocycles. The molecule has 0 radical (unpaired) electrons. The highest BCUT2D eigenvalue weighted by Gasteiger charge is 2.30. The first-order valence-corrected chi connectivity index (χ1v) is 8.51. The van der Waals surface area contributed by atoms with E-state index in [1.165, 1.54) is 6.07 Å². The number of hydrogen-bond donors (Lipinski definition) is 4. The van der Waals surface area contributed by atoms with Crippen molar-refractivity contribution in [1.82, 2.24) is 10.6 Å². The van der Waals surface area contributed by atoms with Crippen LogP contribution in [0.3, 0.4) is 0 Å². The molecule has 2 atom stereocenters. The van der Waals surface area contributed by atoms with E-state index in [0.29, 0.717) is 24.4 Å². The van der Waals surface area contributed by atoms with E-state index in [1.807, 2.05) is 37.3 Å². The van der Waals surface area contributed by atoms with Crippen LogP contribution in [0.2, 0.25) is 0 Å². The molecule has 136 valence electrons. The molecule has 1 aliphatic rings. The zero-order valence-electron chi connectivity index (χ0n) is 14.6. The fourth-order valence-electron chi connectivity index (χ4n) is 2.84. The van der Waals surface area contributed by atoms with Crippen LogP contribution >= 0.6 is 0 Å². The third-order valence-electron chi connectivity index (χ3n) is 4.24. The third kappa shape index (κ3) is 4.37. The van der Waals surface area contributed by atoms with Gasteiger partial charge in [0.05, 0.1) is 6.04 Å². The lowest BCUT2D eigenvalue weighted by Crippen LogP contribution is -2.64. The van der Waals surface area contributed by atoms with Gasteiger partial charge in [-0.2, -0.15) is 0 Å². The second-order valence-corrected chi connectivity index (χ2v) is 6.33. The molecule has 2 aromatic rings. The highest BCUT2D eigenvalue weighted by atomic mass is 19.1. The number of nitrogens with two attached hydrogens (primary N) is 2. The molecule has 3 rings (SSSR count). The van der Waals surface area contributed by atoms with E-state index in [0.717, 1.165) is 5.56 Å². The highest BCUT2D eigenvalue weighted by molar-refractivity contribution is 6.00. The minimum atomic E-state index is -1.15. The monoisotopic (exact) mass is 354 g/mol. The van der Waals surface area contributed by atoms with E-state index in [2.05, 4.69) is 20.6 Å². The molecule has 0 saturated carbocycles. The van der Waals surface area contributed by atoms with Crippen LogP contribution in [0.5, 0.6) is 0 Å². The zero-order chi connectivity index (χ0) is 18.6. The van der Waals surface area contributed by atoms with Crippen molar-refractivity contribution >= 4 is 11.9 Å². The molecular formula is C19H23FN6. The second kappa shape index (κ2) is 7.53.